The molecule has 0 aliphatic heterocycles. The van der Waals surface area contributed by atoms with Crippen molar-refractivity contribution >= 4 is 23.9 Å². The summed E-state index contributed by atoms with van der Waals surface area (Å²) in [5.41, 5.74) is 0.640. The van der Waals surface area contributed by atoms with Crippen molar-refractivity contribution in [3.63, 3.8) is 0 Å². The normalized spacial score (nSPS) is 13.4. The van der Waals surface area contributed by atoms with Crippen LogP contribution in [0.3, 0.4) is 0 Å². The molecule has 0 saturated heterocycles. The number of benzene rings is 1. The molecular formula is C23H33NO8. The van der Waals surface area contributed by atoms with E-state index in [0.29, 0.717) is 12.0 Å². The van der Waals surface area contributed by atoms with E-state index in [1.54, 1.807) is 13.0 Å². The molecule has 0 heterocycles. The van der Waals surface area contributed by atoms with E-state index in [9.17, 15) is 19.2 Å². The van der Waals surface area contributed by atoms with Crippen LogP contribution in [-0.4, -0.2) is 49.7 Å². The zero-order valence-corrected chi connectivity index (χ0v) is 19.6. The van der Waals surface area contributed by atoms with Crippen LogP contribution in [-0.2, 0) is 35.1 Å². The molecule has 0 amide bonds. The van der Waals surface area contributed by atoms with Gasteiger partial charge < -0.3 is 24.3 Å². The lowest BCUT2D eigenvalue weighted by molar-refractivity contribution is -0.149. The van der Waals surface area contributed by atoms with Crippen molar-refractivity contribution in [1.29, 1.82) is 0 Å². The Morgan fingerprint density at radius 3 is 2.19 bits per heavy atom. The van der Waals surface area contributed by atoms with Gasteiger partial charge in [-0.15, -0.1) is 0 Å². The number of carbonyl (C=O) groups excluding carboxylic acids is 4. The molecule has 0 aliphatic carbocycles. The summed E-state index contributed by atoms with van der Waals surface area (Å²) in [5, 5.41) is 3.05. The predicted molar refractivity (Wildman–Crippen MR) is 116 cm³/mol. The van der Waals surface area contributed by atoms with Crippen LogP contribution >= 0.6 is 0 Å². The molecule has 0 aromatic heterocycles. The average Bonchev–Trinajstić information content (AvgIpc) is 2.71. The Bertz CT molecular complexity index is 807. The van der Waals surface area contributed by atoms with Gasteiger partial charge in [-0.05, 0) is 37.0 Å². The average molecular weight is 452 g/mol. The molecule has 0 spiro atoms. The summed E-state index contributed by atoms with van der Waals surface area (Å²) in [6, 6.07) is 3.93. The highest BCUT2D eigenvalue weighted by molar-refractivity contribution is 5.76. The highest BCUT2D eigenvalue weighted by atomic mass is 16.6. The molecule has 1 rings (SSSR count). The second kappa shape index (κ2) is 13.5. The lowest BCUT2D eigenvalue weighted by Crippen LogP contribution is -2.43. The van der Waals surface area contributed by atoms with Gasteiger partial charge in [-0.3, -0.25) is 19.2 Å². The van der Waals surface area contributed by atoms with Crippen molar-refractivity contribution in [3.8, 4) is 11.5 Å². The summed E-state index contributed by atoms with van der Waals surface area (Å²) in [4.78, 5) is 46.9. The molecule has 9 nitrogen and oxygen atoms in total. The SMILES string of the molecule is CCC(C)CC(=O)OC(C)CN[C@@H](Cc1ccc(OC(C)=O)c(OC(C)=O)c1)C(=O)OC. The summed E-state index contributed by atoms with van der Waals surface area (Å²) in [6.07, 6.45) is 0.989. The number of esters is 4. The second-order valence-electron chi connectivity index (χ2n) is 7.67. The predicted octanol–water partition coefficient (Wildman–Crippen LogP) is 2.58. The van der Waals surface area contributed by atoms with Gasteiger partial charge in [0.25, 0.3) is 0 Å². The lowest BCUT2D eigenvalue weighted by Gasteiger charge is -2.21. The van der Waals surface area contributed by atoms with E-state index in [0.717, 1.165) is 6.42 Å². The molecule has 1 N–H and O–H groups in total. The fourth-order valence-electron chi connectivity index (χ4n) is 2.82. The molecular weight excluding hydrogens is 418 g/mol. The first-order valence-corrected chi connectivity index (χ1v) is 10.6. The molecule has 0 fully saturated rings. The minimum Gasteiger partial charge on any atom is -0.468 e. The summed E-state index contributed by atoms with van der Waals surface area (Å²) in [7, 11) is 1.28. The van der Waals surface area contributed by atoms with Crippen molar-refractivity contribution in [2.45, 2.75) is 66.0 Å². The van der Waals surface area contributed by atoms with Gasteiger partial charge in [0.15, 0.2) is 11.5 Å². The number of rotatable bonds is 12. The third-order valence-corrected chi connectivity index (χ3v) is 4.64. The fourth-order valence-corrected chi connectivity index (χ4v) is 2.82. The van der Waals surface area contributed by atoms with E-state index in [1.807, 2.05) is 13.8 Å². The van der Waals surface area contributed by atoms with Gasteiger partial charge in [-0.25, -0.2) is 0 Å². The molecule has 9 heteroatoms. The Labute approximate surface area is 188 Å². The fraction of sp³-hybridized carbons (Fsp3) is 0.565. The standard InChI is InChI=1S/C23H33NO8/c1-7-14(2)10-22(27)30-15(3)13-24-19(23(28)29-6)11-18-8-9-20(31-16(4)25)21(12-18)32-17(5)26/h8-9,12,14-15,19,24H,7,10-11,13H2,1-6H3/t14?,15?,19-/m0/s1. The van der Waals surface area contributed by atoms with E-state index >= 15 is 0 Å². The monoisotopic (exact) mass is 451 g/mol. The third-order valence-electron chi connectivity index (χ3n) is 4.64. The first kappa shape index (κ1) is 27.1. The van der Waals surface area contributed by atoms with Crippen molar-refractivity contribution in [1.82, 2.24) is 5.32 Å². The maximum atomic E-state index is 12.3. The molecule has 32 heavy (non-hydrogen) atoms. The first-order valence-electron chi connectivity index (χ1n) is 10.6. The zero-order chi connectivity index (χ0) is 24.3. The highest BCUT2D eigenvalue weighted by Gasteiger charge is 2.22. The van der Waals surface area contributed by atoms with Gasteiger partial charge in [-0.1, -0.05) is 26.3 Å². The number of carbonyl (C=O) groups is 4. The molecule has 0 bridgehead atoms. The van der Waals surface area contributed by atoms with Crippen LogP contribution in [0.15, 0.2) is 18.2 Å². The van der Waals surface area contributed by atoms with Gasteiger partial charge >= 0.3 is 23.9 Å². The summed E-state index contributed by atoms with van der Waals surface area (Å²) in [5.74, 6) is -1.51. The summed E-state index contributed by atoms with van der Waals surface area (Å²) >= 11 is 0. The number of methoxy groups -OCH3 is 1. The lowest BCUT2D eigenvalue weighted by atomic mass is 10.0. The Morgan fingerprint density at radius 2 is 1.62 bits per heavy atom. The molecule has 3 atom stereocenters. The Balaban J connectivity index is 2.86. The van der Waals surface area contributed by atoms with Crippen molar-refractivity contribution in [2.75, 3.05) is 13.7 Å². The van der Waals surface area contributed by atoms with Crippen LogP contribution in [0.25, 0.3) is 0 Å². The topological polar surface area (TPSA) is 117 Å². The smallest absolute Gasteiger partial charge is 0.323 e. The molecule has 1 aromatic rings. The zero-order valence-electron chi connectivity index (χ0n) is 19.6. The van der Waals surface area contributed by atoms with E-state index in [4.69, 9.17) is 18.9 Å². The van der Waals surface area contributed by atoms with E-state index in [-0.39, 0.29) is 36.4 Å². The molecule has 0 aliphatic rings. The molecule has 1 aromatic carbocycles. The van der Waals surface area contributed by atoms with Crippen molar-refractivity contribution < 1.29 is 38.1 Å². The van der Waals surface area contributed by atoms with Crippen molar-refractivity contribution in [3.05, 3.63) is 23.8 Å². The van der Waals surface area contributed by atoms with Crippen LogP contribution in [0.1, 0.15) is 53.0 Å². The molecule has 0 radical (unpaired) electrons. The minimum absolute atomic E-state index is 0.0705. The maximum Gasteiger partial charge on any atom is 0.323 e. The van der Waals surface area contributed by atoms with E-state index in [1.165, 1.54) is 33.1 Å². The van der Waals surface area contributed by atoms with Gasteiger partial charge in [-0.2, -0.15) is 0 Å². The van der Waals surface area contributed by atoms with Gasteiger partial charge in [0.05, 0.1) is 7.11 Å². The van der Waals surface area contributed by atoms with E-state index in [2.05, 4.69) is 5.32 Å². The number of nitrogens with one attached hydrogen (secondary N) is 1. The van der Waals surface area contributed by atoms with Gasteiger partial charge in [0.1, 0.15) is 12.1 Å². The quantitative estimate of drug-likeness (QED) is 0.378. The maximum absolute atomic E-state index is 12.3. The number of ether oxygens (including phenoxy) is 4. The van der Waals surface area contributed by atoms with Crippen LogP contribution in [0, 0.1) is 5.92 Å². The largest absolute Gasteiger partial charge is 0.468 e. The van der Waals surface area contributed by atoms with Crippen LogP contribution < -0.4 is 14.8 Å². The second-order valence-corrected chi connectivity index (χ2v) is 7.67. The number of hydrogen-bond donors (Lipinski definition) is 1. The molecule has 2 unspecified atom stereocenters. The molecule has 178 valence electrons. The highest BCUT2D eigenvalue weighted by Crippen LogP contribution is 2.29. The molecule has 0 saturated carbocycles. The van der Waals surface area contributed by atoms with Gasteiger partial charge in [0, 0.05) is 26.8 Å². The van der Waals surface area contributed by atoms with E-state index < -0.39 is 30.1 Å². The Morgan fingerprint density at radius 1 is 1.00 bits per heavy atom. The van der Waals surface area contributed by atoms with Crippen molar-refractivity contribution in [2.24, 2.45) is 5.92 Å². The van der Waals surface area contributed by atoms with Crippen LogP contribution in [0.2, 0.25) is 0 Å². The summed E-state index contributed by atoms with van der Waals surface area (Å²) in [6.45, 7) is 8.44. The Hall–Kier alpha value is -2.94. The minimum atomic E-state index is -0.736. The third kappa shape index (κ3) is 9.91. The Kier molecular flexibility index (Phi) is 11.4. The first-order chi connectivity index (χ1) is 15.0. The number of hydrogen-bond acceptors (Lipinski definition) is 9. The van der Waals surface area contributed by atoms with Gasteiger partial charge in [0.2, 0.25) is 0 Å². The summed E-state index contributed by atoms with van der Waals surface area (Å²) < 4.78 is 20.4. The van der Waals surface area contributed by atoms with Crippen LogP contribution in [0.5, 0.6) is 11.5 Å². The van der Waals surface area contributed by atoms with Crippen LogP contribution in [0.4, 0.5) is 0 Å².